The number of rotatable bonds is 5. The predicted octanol–water partition coefficient (Wildman–Crippen LogP) is 5.46. The van der Waals surface area contributed by atoms with Gasteiger partial charge in [-0.15, -0.1) is 0 Å². The number of hydrogen-bond acceptors (Lipinski definition) is 5. The van der Waals surface area contributed by atoms with Gasteiger partial charge in [0.1, 0.15) is 23.9 Å². The third-order valence-corrected chi connectivity index (χ3v) is 6.21. The second-order valence-corrected chi connectivity index (χ2v) is 8.27. The maximum absolute atomic E-state index is 13.8. The Kier molecular flexibility index (Phi) is 6.07. The summed E-state index contributed by atoms with van der Waals surface area (Å²) in [6.07, 6.45) is 0. The van der Waals surface area contributed by atoms with Crippen molar-refractivity contribution in [3.05, 3.63) is 80.5 Å². The molecule has 0 atom stereocenters. The van der Waals surface area contributed by atoms with Crippen LogP contribution in [0.2, 0.25) is 5.02 Å². The first-order chi connectivity index (χ1) is 14.9. The molecule has 3 aromatic carbocycles. The molecule has 0 fully saturated rings. The van der Waals surface area contributed by atoms with Crippen molar-refractivity contribution in [3.8, 4) is 11.5 Å². The molecule has 0 aromatic heterocycles. The van der Waals surface area contributed by atoms with E-state index in [2.05, 4.69) is 20.8 Å². The smallest absolute Gasteiger partial charge is 0.197 e. The highest BCUT2D eigenvalue weighted by Gasteiger charge is 2.29. The van der Waals surface area contributed by atoms with Crippen LogP contribution in [0.3, 0.4) is 0 Å². The minimum Gasteiger partial charge on any atom is -0.497 e. The van der Waals surface area contributed by atoms with Crippen molar-refractivity contribution < 1.29 is 18.7 Å². The van der Waals surface area contributed by atoms with Gasteiger partial charge in [-0.2, -0.15) is 0 Å². The van der Waals surface area contributed by atoms with E-state index < -0.39 is 11.6 Å². The first kappa shape index (κ1) is 21.5. The summed E-state index contributed by atoms with van der Waals surface area (Å²) in [5, 5.41) is 0.154. The SMILES string of the molecule is COc1ccc(CN2CCOc3cc(N)c(C(=O)c4cc(F)ccc4Cl)c(Br)c32)cc1. The summed E-state index contributed by atoms with van der Waals surface area (Å²) in [6, 6.07) is 13.1. The molecular formula is C23H19BrClFN2O3. The van der Waals surface area contributed by atoms with Gasteiger partial charge in [-0.25, -0.2) is 4.39 Å². The third kappa shape index (κ3) is 4.20. The van der Waals surface area contributed by atoms with Gasteiger partial charge in [0.2, 0.25) is 0 Å². The number of nitrogen functional groups attached to an aromatic ring is 1. The summed E-state index contributed by atoms with van der Waals surface area (Å²) < 4.78 is 25.3. The average Bonchev–Trinajstić information content (AvgIpc) is 2.75. The second kappa shape index (κ2) is 8.77. The summed E-state index contributed by atoms with van der Waals surface area (Å²) in [5.41, 5.74) is 8.48. The fourth-order valence-electron chi connectivity index (χ4n) is 3.56. The Morgan fingerprint density at radius 2 is 2.00 bits per heavy atom. The normalized spacial score (nSPS) is 12.8. The van der Waals surface area contributed by atoms with Gasteiger partial charge in [0.05, 0.1) is 34.4 Å². The lowest BCUT2D eigenvalue weighted by Gasteiger charge is -2.33. The zero-order valence-electron chi connectivity index (χ0n) is 16.6. The highest BCUT2D eigenvalue weighted by Crippen LogP contribution is 2.45. The lowest BCUT2D eigenvalue weighted by molar-refractivity contribution is 0.103. The van der Waals surface area contributed by atoms with Crippen molar-refractivity contribution in [1.82, 2.24) is 0 Å². The van der Waals surface area contributed by atoms with E-state index in [-0.39, 0.29) is 21.8 Å². The zero-order valence-corrected chi connectivity index (χ0v) is 19.0. The van der Waals surface area contributed by atoms with Crippen LogP contribution in [0, 0.1) is 5.82 Å². The molecule has 4 rings (SSSR count). The number of methoxy groups -OCH3 is 1. The highest BCUT2D eigenvalue weighted by molar-refractivity contribution is 9.10. The van der Waals surface area contributed by atoms with E-state index in [0.29, 0.717) is 35.6 Å². The number of ether oxygens (including phenoxy) is 2. The quantitative estimate of drug-likeness (QED) is 0.368. The topological polar surface area (TPSA) is 64.8 Å². The fraction of sp³-hybridized carbons (Fsp3) is 0.174. The number of nitrogens with zero attached hydrogens (tertiary/aromatic N) is 1. The van der Waals surface area contributed by atoms with E-state index in [1.165, 1.54) is 12.1 Å². The molecule has 3 aromatic rings. The van der Waals surface area contributed by atoms with Crippen LogP contribution in [-0.4, -0.2) is 26.0 Å². The van der Waals surface area contributed by atoms with Crippen LogP contribution in [0.15, 0.2) is 53.0 Å². The zero-order chi connectivity index (χ0) is 22.1. The van der Waals surface area contributed by atoms with Gasteiger partial charge in [0.25, 0.3) is 0 Å². The summed E-state index contributed by atoms with van der Waals surface area (Å²) in [5.74, 6) is 0.336. The minimum atomic E-state index is -0.551. The van der Waals surface area contributed by atoms with Crippen molar-refractivity contribution in [2.24, 2.45) is 0 Å². The Morgan fingerprint density at radius 1 is 1.26 bits per heavy atom. The number of halogens is 3. The number of ketones is 1. The van der Waals surface area contributed by atoms with E-state index in [1.807, 2.05) is 24.3 Å². The number of anilines is 2. The van der Waals surface area contributed by atoms with Crippen LogP contribution in [-0.2, 0) is 6.54 Å². The molecule has 31 heavy (non-hydrogen) atoms. The third-order valence-electron chi connectivity index (χ3n) is 5.10. The van der Waals surface area contributed by atoms with Gasteiger partial charge in [-0.3, -0.25) is 4.79 Å². The molecule has 1 aliphatic rings. The van der Waals surface area contributed by atoms with E-state index in [0.717, 1.165) is 17.4 Å². The Labute approximate surface area is 192 Å². The van der Waals surface area contributed by atoms with E-state index >= 15 is 0 Å². The Balaban J connectivity index is 1.75. The van der Waals surface area contributed by atoms with Crippen LogP contribution in [0.5, 0.6) is 11.5 Å². The van der Waals surface area contributed by atoms with Crippen LogP contribution < -0.4 is 20.1 Å². The molecule has 0 saturated carbocycles. The van der Waals surface area contributed by atoms with Gasteiger partial charge < -0.3 is 20.1 Å². The summed E-state index contributed by atoms with van der Waals surface area (Å²) in [4.78, 5) is 15.4. The monoisotopic (exact) mass is 504 g/mol. The molecule has 0 unspecified atom stereocenters. The molecular weight excluding hydrogens is 487 g/mol. The fourth-order valence-corrected chi connectivity index (χ4v) is 4.62. The molecule has 2 N–H and O–H groups in total. The molecule has 0 bridgehead atoms. The number of nitrogens with two attached hydrogens (primary N) is 1. The van der Waals surface area contributed by atoms with Gasteiger partial charge in [-0.1, -0.05) is 23.7 Å². The van der Waals surface area contributed by atoms with Crippen molar-refractivity contribution in [2.45, 2.75) is 6.54 Å². The van der Waals surface area contributed by atoms with Gasteiger partial charge >= 0.3 is 0 Å². The Hall–Kier alpha value is -2.77. The molecule has 0 aliphatic carbocycles. The maximum Gasteiger partial charge on any atom is 0.197 e. The molecule has 1 aliphatic heterocycles. The van der Waals surface area contributed by atoms with Crippen molar-refractivity contribution >= 4 is 44.7 Å². The van der Waals surface area contributed by atoms with Crippen molar-refractivity contribution in [3.63, 3.8) is 0 Å². The van der Waals surface area contributed by atoms with E-state index in [4.69, 9.17) is 26.8 Å². The Morgan fingerprint density at radius 3 is 2.71 bits per heavy atom. The van der Waals surface area contributed by atoms with Crippen molar-refractivity contribution in [1.29, 1.82) is 0 Å². The average molecular weight is 506 g/mol. The number of carbonyl (C=O) groups excluding carboxylic acids is 1. The van der Waals surface area contributed by atoms with Crippen LogP contribution in [0.4, 0.5) is 15.8 Å². The Bertz CT molecular complexity index is 1150. The molecule has 0 spiro atoms. The van der Waals surface area contributed by atoms with Gasteiger partial charge in [-0.05, 0) is 51.8 Å². The number of fused-ring (bicyclic) bond motifs is 1. The number of hydrogen-bond donors (Lipinski definition) is 1. The summed E-state index contributed by atoms with van der Waals surface area (Å²) in [6.45, 7) is 1.70. The van der Waals surface area contributed by atoms with Gasteiger partial charge in [0.15, 0.2) is 5.78 Å². The summed E-state index contributed by atoms with van der Waals surface area (Å²) in [7, 11) is 1.62. The minimum absolute atomic E-state index is 0.0486. The number of carbonyl (C=O) groups is 1. The largest absolute Gasteiger partial charge is 0.497 e. The molecule has 1 heterocycles. The molecule has 0 saturated heterocycles. The predicted molar refractivity (Wildman–Crippen MR) is 123 cm³/mol. The molecule has 5 nitrogen and oxygen atoms in total. The molecule has 8 heteroatoms. The lowest BCUT2D eigenvalue weighted by atomic mass is 9.99. The molecule has 160 valence electrons. The molecule has 0 radical (unpaired) electrons. The van der Waals surface area contributed by atoms with E-state index in [9.17, 15) is 9.18 Å². The van der Waals surface area contributed by atoms with Crippen LogP contribution in [0.1, 0.15) is 21.5 Å². The number of benzene rings is 3. The first-order valence-electron chi connectivity index (χ1n) is 9.51. The second-order valence-electron chi connectivity index (χ2n) is 7.07. The molecule has 0 amide bonds. The lowest BCUT2D eigenvalue weighted by Crippen LogP contribution is -2.33. The standard InChI is InChI=1S/C23H19BrClFN2O3/c1-30-15-5-2-13(3-6-15)12-28-8-9-31-19-11-18(27)20(21(24)22(19)28)23(29)16-10-14(26)4-7-17(16)25/h2-7,10-11H,8-9,12,27H2,1H3. The maximum atomic E-state index is 13.8. The van der Waals surface area contributed by atoms with E-state index in [1.54, 1.807) is 13.2 Å². The van der Waals surface area contributed by atoms with Crippen LogP contribution in [0.25, 0.3) is 0 Å². The summed E-state index contributed by atoms with van der Waals surface area (Å²) >= 11 is 9.72. The first-order valence-corrected chi connectivity index (χ1v) is 10.7. The van der Waals surface area contributed by atoms with Crippen molar-refractivity contribution in [2.75, 3.05) is 30.9 Å². The van der Waals surface area contributed by atoms with Gasteiger partial charge in [0, 0.05) is 23.9 Å². The highest BCUT2D eigenvalue weighted by atomic mass is 79.9. The van der Waals surface area contributed by atoms with Crippen LogP contribution >= 0.6 is 27.5 Å².